The Morgan fingerprint density at radius 2 is 1.70 bits per heavy atom. The van der Waals surface area contributed by atoms with Crippen LogP contribution in [0.2, 0.25) is 0 Å². The molecular formula is C17H16O3. The predicted molar refractivity (Wildman–Crippen MR) is 75.8 cm³/mol. The smallest absolute Gasteiger partial charge is 0.195 e. The molecule has 2 aromatic rings. The Balaban J connectivity index is 1.72. The number of hydrogen-bond donors (Lipinski definition) is 1. The lowest BCUT2D eigenvalue weighted by Gasteiger charge is -2.11. The van der Waals surface area contributed by atoms with Crippen LogP contribution < -0.4 is 4.74 Å². The van der Waals surface area contributed by atoms with Crippen LogP contribution >= 0.6 is 0 Å². The fourth-order valence-corrected chi connectivity index (χ4v) is 2.02. The molecule has 1 saturated carbocycles. The zero-order chi connectivity index (χ0) is 13.9. The molecule has 0 amide bonds. The van der Waals surface area contributed by atoms with Gasteiger partial charge in [0.2, 0.25) is 0 Å². The Bertz CT molecular complexity index is 585. The molecule has 0 spiro atoms. The normalized spacial score (nSPS) is 15.7. The van der Waals surface area contributed by atoms with E-state index in [0.29, 0.717) is 17.2 Å². The van der Waals surface area contributed by atoms with Gasteiger partial charge in [-0.05, 0) is 30.5 Å². The van der Waals surface area contributed by atoms with E-state index in [1.807, 2.05) is 6.07 Å². The highest BCUT2D eigenvalue weighted by Crippen LogP contribution is 2.28. The molecule has 20 heavy (non-hydrogen) atoms. The zero-order valence-corrected chi connectivity index (χ0v) is 11.0. The summed E-state index contributed by atoms with van der Waals surface area (Å²) in [6, 6.07) is 15.9. The third-order valence-electron chi connectivity index (χ3n) is 3.33. The lowest BCUT2D eigenvalue weighted by Crippen LogP contribution is -2.12. The third kappa shape index (κ3) is 2.89. The quantitative estimate of drug-likeness (QED) is 0.847. The molecule has 3 nitrogen and oxygen atoms in total. The van der Waals surface area contributed by atoms with Crippen molar-refractivity contribution in [2.45, 2.75) is 25.0 Å². The van der Waals surface area contributed by atoms with Gasteiger partial charge < -0.3 is 9.84 Å². The van der Waals surface area contributed by atoms with Gasteiger partial charge in [-0.2, -0.15) is 0 Å². The Labute approximate surface area is 117 Å². The number of carbonyl (C=O) groups is 1. The maximum absolute atomic E-state index is 12.1. The summed E-state index contributed by atoms with van der Waals surface area (Å²) < 4.78 is 5.64. The van der Waals surface area contributed by atoms with Crippen LogP contribution in [0.25, 0.3) is 0 Å². The number of rotatable bonds is 5. The highest BCUT2D eigenvalue weighted by molar-refractivity contribution is 5.99. The van der Waals surface area contributed by atoms with Gasteiger partial charge in [0, 0.05) is 5.56 Å². The molecule has 2 aromatic carbocycles. The van der Waals surface area contributed by atoms with Crippen LogP contribution in [-0.2, 0) is 0 Å². The maximum Gasteiger partial charge on any atom is 0.195 e. The average Bonchev–Trinajstić information content (AvgIpc) is 3.31. The van der Waals surface area contributed by atoms with Gasteiger partial charge in [0.25, 0.3) is 0 Å². The monoisotopic (exact) mass is 268 g/mol. The maximum atomic E-state index is 12.1. The molecule has 0 heterocycles. The van der Waals surface area contributed by atoms with E-state index in [1.54, 1.807) is 48.5 Å². The molecule has 1 fully saturated rings. The number of ether oxygens (including phenoxy) is 1. The molecule has 1 aliphatic carbocycles. The van der Waals surface area contributed by atoms with Gasteiger partial charge in [-0.25, -0.2) is 0 Å². The summed E-state index contributed by atoms with van der Waals surface area (Å²) in [4.78, 5) is 12.1. The molecule has 0 aromatic heterocycles. The summed E-state index contributed by atoms with van der Waals surface area (Å²) in [6.07, 6.45) is 1.43. The predicted octanol–water partition coefficient (Wildman–Crippen LogP) is 3.14. The summed E-state index contributed by atoms with van der Waals surface area (Å²) in [6.45, 7) is 0. The average molecular weight is 268 g/mol. The third-order valence-corrected chi connectivity index (χ3v) is 3.33. The highest BCUT2D eigenvalue weighted by Gasteiger charge is 2.24. The van der Waals surface area contributed by atoms with Crippen molar-refractivity contribution in [3.05, 3.63) is 65.7 Å². The van der Waals surface area contributed by atoms with E-state index >= 15 is 0 Å². The lowest BCUT2D eigenvalue weighted by atomic mass is 10.00. The largest absolute Gasteiger partial charge is 0.490 e. The first-order valence-corrected chi connectivity index (χ1v) is 6.78. The molecule has 102 valence electrons. The van der Waals surface area contributed by atoms with E-state index < -0.39 is 6.10 Å². The topological polar surface area (TPSA) is 46.5 Å². The number of hydrogen-bond acceptors (Lipinski definition) is 3. The Morgan fingerprint density at radius 3 is 2.30 bits per heavy atom. The number of carbonyl (C=O) groups excluding carboxylic acids is 1. The molecule has 0 saturated heterocycles. The van der Waals surface area contributed by atoms with Crippen LogP contribution in [0.3, 0.4) is 0 Å². The summed E-state index contributed by atoms with van der Waals surface area (Å²) in [5.74, 6) is 0.497. The molecule has 1 N–H and O–H groups in total. The van der Waals surface area contributed by atoms with Gasteiger partial charge in [0.15, 0.2) is 5.78 Å². The molecule has 1 aliphatic rings. The van der Waals surface area contributed by atoms with E-state index in [9.17, 15) is 9.90 Å². The first-order chi connectivity index (χ1) is 9.74. The standard InChI is InChI=1S/C17H16O3/c18-16(12-4-2-1-3-5-12)17(19)13-6-8-14(9-7-13)20-15-10-11-15/h1-9,15,17,19H,10-11H2. The van der Waals surface area contributed by atoms with Crippen molar-refractivity contribution >= 4 is 5.78 Å². The van der Waals surface area contributed by atoms with Crippen molar-refractivity contribution in [3.8, 4) is 5.75 Å². The van der Waals surface area contributed by atoms with Crippen LogP contribution in [0.5, 0.6) is 5.75 Å². The lowest BCUT2D eigenvalue weighted by molar-refractivity contribution is 0.0747. The second kappa shape index (κ2) is 5.47. The van der Waals surface area contributed by atoms with Crippen LogP contribution in [0, 0.1) is 0 Å². The molecule has 0 bridgehead atoms. The van der Waals surface area contributed by atoms with Crippen LogP contribution in [-0.4, -0.2) is 17.0 Å². The minimum Gasteiger partial charge on any atom is -0.490 e. The number of ketones is 1. The Kier molecular flexibility index (Phi) is 3.52. The first-order valence-electron chi connectivity index (χ1n) is 6.78. The minimum atomic E-state index is -1.13. The summed E-state index contributed by atoms with van der Waals surface area (Å²) in [5.41, 5.74) is 1.10. The summed E-state index contributed by atoms with van der Waals surface area (Å²) in [7, 11) is 0. The number of aliphatic hydroxyl groups excluding tert-OH is 1. The van der Waals surface area contributed by atoms with E-state index in [0.717, 1.165) is 18.6 Å². The highest BCUT2D eigenvalue weighted by atomic mass is 16.5. The fraction of sp³-hybridized carbons (Fsp3) is 0.235. The molecule has 0 radical (unpaired) electrons. The molecule has 1 atom stereocenters. The summed E-state index contributed by atoms with van der Waals surface area (Å²) >= 11 is 0. The van der Waals surface area contributed by atoms with Crippen molar-refractivity contribution in [1.82, 2.24) is 0 Å². The van der Waals surface area contributed by atoms with Crippen molar-refractivity contribution in [1.29, 1.82) is 0 Å². The van der Waals surface area contributed by atoms with Gasteiger partial charge >= 0.3 is 0 Å². The van der Waals surface area contributed by atoms with Crippen LogP contribution in [0.1, 0.15) is 34.9 Å². The van der Waals surface area contributed by atoms with Crippen LogP contribution in [0.15, 0.2) is 54.6 Å². The van der Waals surface area contributed by atoms with Crippen molar-refractivity contribution in [2.75, 3.05) is 0 Å². The SMILES string of the molecule is O=C(c1ccccc1)C(O)c1ccc(OC2CC2)cc1. The van der Waals surface area contributed by atoms with Gasteiger partial charge in [-0.1, -0.05) is 42.5 Å². The van der Waals surface area contributed by atoms with E-state index in [4.69, 9.17) is 4.74 Å². The van der Waals surface area contributed by atoms with E-state index in [-0.39, 0.29) is 5.78 Å². The van der Waals surface area contributed by atoms with Crippen molar-refractivity contribution in [2.24, 2.45) is 0 Å². The molecule has 0 aliphatic heterocycles. The Morgan fingerprint density at radius 1 is 1.05 bits per heavy atom. The Hall–Kier alpha value is -2.13. The second-order valence-corrected chi connectivity index (χ2v) is 5.02. The number of benzene rings is 2. The number of aliphatic hydroxyl groups is 1. The van der Waals surface area contributed by atoms with Gasteiger partial charge in [0.1, 0.15) is 11.9 Å². The zero-order valence-electron chi connectivity index (χ0n) is 11.0. The second-order valence-electron chi connectivity index (χ2n) is 5.02. The summed E-state index contributed by atoms with van der Waals surface area (Å²) in [5, 5.41) is 10.1. The van der Waals surface area contributed by atoms with Crippen LogP contribution in [0.4, 0.5) is 0 Å². The fourth-order valence-electron chi connectivity index (χ4n) is 2.02. The van der Waals surface area contributed by atoms with Gasteiger partial charge in [-0.3, -0.25) is 4.79 Å². The van der Waals surface area contributed by atoms with Crippen molar-refractivity contribution < 1.29 is 14.6 Å². The molecule has 3 heteroatoms. The van der Waals surface area contributed by atoms with Gasteiger partial charge in [0.05, 0.1) is 6.10 Å². The molecule has 3 rings (SSSR count). The van der Waals surface area contributed by atoms with Crippen molar-refractivity contribution in [3.63, 3.8) is 0 Å². The number of Topliss-reactive ketones (excluding diaryl/α,β-unsaturated/α-hetero) is 1. The van der Waals surface area contributed by atoms with E-state index in [1.165, 1.54) is 0 Å². The molecular weight excluding hydrogens is 252 g/mol. The first kappa shape index (κ1) is 12.9. The molecule has 1 unspecified atom stereocenters. The van der Waals surface area contributed by atoms with E-state index in [2.05, 4.69) is 0 Å². The van der Waals surface area contributed by atoms with Gasteiger partial charge in [-0.15, -0.1) is 0 Å². The minimum absolute atomic E-state index is 0.290.